The van der Waals surface area contributed by atoms with Gasteiger partial charge in [-0.2, -0.15) is 0 Å². The zero-order chi connectivity index (χ0) is 29.1. The molecule has 0 fully saturated rings. The van der Waals surface area contributed by atoms with Gasteiger partial charge in [0.2, 0.25) is 0 Å². The van der Waals surface area contributed by atoms with Crippen molar-refractivity contribution >= 4 is 48.4 Å². The summed E-state index contributed by atoms with van der Waals surface area (Å²) in [7, 11) is 5.92. The van der Waals surface area contributed by atoms with Crippen LogP contribution in [0.15, 0.2) is 70.2 Å². The standard InChI is InChI=1S/C33H24O8/c1-38-29-11-17-9-27-25(23(17)5-19(29)13-34)7-21(15-36)31(40-3)33(27)28-10-18-12-30(39-2)20(14-35)6-24(18)26(28)8-22(16-37)32(33)41-4/h5-16H,1-4H3. The number of hydrogen-bond acceptors (Lipinski definition) is 8. The molecule has 0 radical (unpaired) electrons. The monoisotopic (exact) mass is 548 g/mol. The van der Waals surface area contributed by atoms with E-state index in [1.54, 1.807) is 36.4 Å². The van der Waals surface area contributed by atoms with E-state index in [0.29, 0.717) is 70.1 Å². The molecule has 41 heavy (non-hydrogen) atoms. The zero-order valence-electron chi connectivity index (χ0n) is 22.7. The summed E-state index contributed by atoms with van der Waals surface area (Å²) in [6, 6.07) is 6.97. The van der Waals surface area contributed by atoms with Gasteiger partial charge in [0, 0.05) is 0 Å². The summed E-state index contributed by atoms with van der Waals surface area (Å²) in [6.07, 6.45) is 10.1. The normalized spacial score (nSPS) is 17.3. The maximum Gasteiger partial charge on any atom is 0.153 e. The van der Waals surface area contributed by atoms with Crippen LogP contribution in [0.1, 0.15) is 43.0 Å². The van der Waals surface area contributed by atoms with Gasteiger partial charge in [-0.1, -0.05) is 0 Å². The molecule has 204 valence electrons. The molecule has 0 aliphatic heterocycles. The first-order valence-electron chi connectivity index (χ1n) is 12.7. The van der Waals surface area contributed by atoms with Crippen molar-refractivity contribution in [3.63, 3.8) is 0 Å². The lowest BCUT2D eigenvalue weighted by Crippen LogP contribution is -2.38. The van der Waals surface area contributed by atoms with Crippen molar-refractivity contribution in [2.45, 2.75) is 0 Å². The van der Waals surface area contributed by atoms with Crippen LogP contribution in [-0.2, 0) is 19.1 Å². The van der Waals surface area contributed by atoms with Gasteiger partial charge in [0.1, 0.15) is 28.4 Å². The smallest absolute Gasteiger partial charge is 0.153 e. The van der Waals surface area contributed by atoms with E-state index in [4.69, 9.17) is 18.9 Å². The Hall–Kier alpha value is -5.24. The number of aldehydes is 4. The highest BCUT2D eigenvalue weighted by Crippen LogP contribution is 2.66. The van der Waals surface area contributed by atoms with E-state index < -0.39 is 5.41 Å². The van der Waals surface area contributed by atoms with E-state index >= 15 is 0 Å². The Morgan fingerprint density at radius 2 is 0.951 bits per heavy atom. The lowest BCUT2D eigenvalue weighted by molar-refractivity contribution is -0.105. The number of carbonyl (C=O) groups excluding carboxylic acids is 4. The Morgan fingerprint density at radius 3 is 1.27 bits per heavy atom. The van der Waals surface area contributed by atoms with E-state index in [-0.39, 0.29) is 22.7 Å². The molecule has 0 saturated carbocycles. The molecule has 2 aromatic rings. The maximum absolute atomic E-state index is 12.6. The van der Waals surface area contributed by atoms with Crippen molar-refractivity contribution in [1.82, 2.24) is 0 Å². The maximum atomic E-state index is 12.6. The predicted octanol–water partition coefficient (Wildman–Crippen LogP) is 4.80. The molecule has 0 bridgehead atoms. The highest BCUT2D eigenvalue weighted by molar-refractivity contribution is 6.11. The molecule has 6 rings (SSSR count). The molecule has 2 aromatic carbocycles. The summed E-state index contributed by atoms with van der Waals surface area (Å²) in [5, 5.41) is 0. The van der Waals surface area contributed by atoms with E-state index in [9.17, 15) is 19.2 Å². The second-order valence-electron chi connectivity index (χ2n) is 9.79. The van der Waals surface area contributed by atoms with Crippen LogP contribution in [-0.4, -0.2) is 53.6 Å². The number of rotatable bonds is 8. The average molecular weight is 549 g/mol. The number of allylic oxidation sites excluding steroid dienone is 6. The molecule has 1 spiro atoms. The SMILES string of the molecule is COC1=C(C=O)C=C2C(=Cc3cc(OC)c(C=O)cc32)C12C1=Cc3cc(OC)c(C=O)cc3C1=CC(C=O)=C2OC. The first kappa shape index (κ1) is 26.0. The van der Waals surface area contributed by atoms with Crippen LogP contribution in [0.4, 0.5) is 0 Å². The topological polar surface area (TPSA) is 105 Å². The first-order valence-corrected chi connectivity index (χ1v) is 12.7. The second kappa shape index (κ2) is 9.45. The van der Waals surface area contributed by atoms with Gasteiger partial charge in [-0.25, -0.2) is 0 Å². The van der Waals surface area contributed by atoms with Gasteiger partial charge in [0.25, 0.3) is 0 Å². The van der Waals surface area contributed by atoms with Gasteiger partial charge in [-0.3, -0.25) is 19.2 Å². The fourth-order valence-electron chi connectivity index (χ4n) is 6.49. The lowest BCUT2D eigenvalue weighted by Gasteiger charge is -2.44. The molecule has 4 aliphatic rings. The first-order chi connectivity index (χ1) is 19.9. The van der Waals surface area contributed by atoms with Gasteiger partial charge in [0.15, 0.2) is 25.1 Å². The molecule has 8 nitrogen and oxygen atoms in total. The summed E-state index contributed by atoms with van der Waals surface area (Å²) in [5.41, 5.74) is 5.56. The largest absolute Gasteiger partial charge is 0.499 e. The lowest BCUT2D eigenvalue weighted by atomic mass is 9.60. The van der Waals surface area contributed by atoms with Crippen molar-refractivity contribution in [2.75, 3.05) is 28.4 Å². The van der Waals surface area contributed by atoms with Crippen LogP contribution in [0.2, 0.25) is 0 Å². The van der Waals surface area contributed by atoms with Gasteiger partial charge in [-0.05, 0) is 93.1 Å². The molecule has 8 heteroatoms. The third kappa shape index (κ3) is 3.27. The van der Waals surface area contributed by atoms with E-state index in [0.717, 1.165) is 22.3 Å². The molecule has 0 amide bonds. The van der Waals surface area contributed by atoms with Crippen molar-refractivity contribution in [1.29, 1.82) is 0 Å². The molecule has 0 saturated heterocycles. The number of carbonyl (C=O) groups is 4. The Morgan fingerprint density at radius 1 is 0.537 bits per heavy atom. The van der Waals surface area contributed by atoms with Crippen molar-refractivity contribution < 1.29 is 38.1 Å². The quantitative estimate of drug-likeness (QED) is 0.433. The average Bonchev–Trinajstić information content (AvgIpc) is 3.56. The van der Waals surface area contributed by atoms with Crippen LogP contribution in [0, 0.1) is 5.41 Å². The van der Waals surface area contributed by atoms with Crippen LogP contribution in [0.3, 0.4) is 0 Å². The molecular formula is C33H24O8. The van der Waals surface area contributed by atoms with E-state index in [2.05, 4.69) is 0 Å². The van der Waals surface area contributed by atoms with Crippen molar-refractivity contribution in [2.24, 2.45) is 5.41 Å². The number of fused-ring (bicyclic) bond motifs is 8. The van der Waals surface area contributed by atoms with Crippen LogP contribution in [0.5, 0.6) is 11.5 Å². The second-order valence-corrected chi connectivity index (χ2v) is 9.79. The summed E-state index contributed by atoms with van der Waals surface area (Å²) in [5.74, 6) is 1.36. The minimum Gasteiger partial charge on any atom is -0.499 e. The minimum absolute atomic E-state index is 0.250. The molecule has 0 atom stereocenters. The van der Waals surface area contributed by atoms with E-state index in [1.807, 2.05) is 12.2 Å². The fraction of sp³-hybridized carbons (Fsp3) is 0.152. The summed E-state index contributed by atoms with van der Waals surface area (Å²) < 4.78 is 22.9. The Balaban J connectivity index is 1.74. The van der Waals surface area contributed by atoms with Crippen molar-refractivity contribution in [3.05, 3.63) is 104 Å². The zero-order valence-corrected chi connectivity index (χ0v) is 22.7. The summed E-state index contributed by atoms with van der Waals surface area (Å²) >= 11 is 0. The predicted molar refractivity (Wildman–Crippen MR) is 151 cm³/mol. The van der Waals surface area contributed by atoms with Crippen molar-refractivity contribution in [3.8, 4) is 11.5 Å². The van der Waals surface area contributed by atoms with Gasteiger partial charge < -0.3 is 18.9 Å². The molecule has 4 aliphatic carbocycles. The molecule has 0 heterocycles. The van der Waals surface area contributed by atoms with Gasteiger partial charge in [-0.15, -0.1) is 0 Å². The molecular weight excluding hydrogens is 524 g/mol. The number of benzene rings is 2. The third-order valence-electron chi connectivity index (χ3n) is 8.09. The highest BCUT2D eigenvalue weighted by Gasteiger charge is 2.57. The molecule has 0 unspecified atom stereocenters. The van der Waals surface area contributed by atoms with Gasteiger partial charge in [0.05, 0.1) is 50.7 Å². The van der Waals surface area contributed by atoms with Gasteiger partial charge >= 0.3 is 0 Å². The van der Waals surface area contributed by atoms with Crippen LogP contribution in [0.25, 0.3) is 23.3 Å². The highest BCUT2D eigenvalue weighted by atomic mass is 16.5. The third-order valence-corrected chi connectivity index (χ3v) is 8.09. The Labute approximate surface area is 235 Å². The number of ether oxygens (including phenoxy) is 4. The fourth-order valence-corrected chi connectivity index (χ4v) is 6.49. The molecule has 0 aromatic heterocycles. The van der Waals surface area contributed by atoms with Crippen LogP contribution < -0.4 is 9.47 Å². The summed E-state index contributed by atoms with van der Waals surface area (Å²) in [6.45, 7) is 0. The van der Waals surface area contributed by atoms with Crippen LogP contribution >= 0.6 is 0 Å². The molecule has 0 N–H and O–H groups in total. The number of hydrogen-bond donors (Lipinski definition) is 0. The minimum atomic E-state index is -1.36. The summed E-state index contributed by atoms with van der Waals surface area (Å²) in [4.78, 5) is 49.0. The number of methoxy groups -OCH3 is 4. The Kier molecular flexibility index (Phi) is 5.99. The Bertz CT molecular complexity index is 1660. The van der Waals surface area contributed by atoms with E-state index in [1.165, 1.54) is 28.4 Å².